The number of Topliss-reactive ketones (excluding diaryl/α,β-unsaturated/α-hetero) is 1. The first-order valence-electron chi connectivity index (χ1n) is 17.2. The summed E-state index contributed by atoms with van der Waals surface area (Å²) in [6.07, 6.45) is 22.8. The molecule has 0 amide bonds. The van der Waals surface area contributed by atoms with Gasteiger partial charge in [-0.05, 0) is 134 Å². The molecule has 0 aromatic heterocycles. The summed E-state index contributed by atoms with van der Waals surface area (Å²) in [5, 5.41) is 0. The number of aldehydes is 1. The second-order valence-electron chi connectivity index (χ2n) is 14.6. The number of hydrogen-bond acceptors (Lipinski definition) is 5. The molecule has 0 saturated heterocycles. The second-order valence-corrected chi connectivity index (χ2v) is 14.6. The highest BCUT2D eigenvalue weighted by Gasteiger charge is 2.47. The summed E-state index contributed by atoms with van der Waals surface area (Å²) in [6, 6.07) is 0. The van der Waals surface area contributed by atoms with Crippen molar-refractivity contribution < 1.29 is 24.0 Å². The summed E-state index contributed by atoms with van der Waals surface area (Å²) in [4.78, 5) is 66.6. The van der Waals surface area contributed by atoms with Crippen molar-refractivity contribution in [1.82, 2.24) is 0 Å². The highest BCUT2D eigenvalue weighted by Crippen LogP contribution is 2.52. The van der Waals surface area contributed by atoms with Crippen molar-refractivity contribution in [3.63, 3.8) is 0 Å². The average Bonchev–Trinajstić information content (AvgIpc) is 3.01. The van der Waals surface area contributed by atoms with Gasteiger partial charge in [0.2, 0.25) is 0 Å². The van der Waals surface area contributed by atoms with Gasteiger partial charge in [-0.15, -0.1) is 0 Å². The molecule has 0 N–H and O–H groups in total. The molecular weight excluding hydrogens is 584 g/mol. The van der Waals surface area contributed by atoms with Gasteiger partial charge in [-0.1, -0.05) is 58.7 Å². The maximum Gasteiger partial charge on any atom is 0.185 e. The smallest absolute Gasteiger partial charge is 0.185 e. The topological polar surface area (TPSA) is 85.3 Å². The molecule has 0 fully saturated rings. The SMILES string of the molecule is C=C(C)[C@@H]1CCC(C)=CCC[C@@]2(C=O)[C@@H](CC3=C[C@H]2C/C(C)=C\CC2=CC(=O)C(=CC2=O)CC(C)=CCC3)CC2=CC(=O)C=C1C2=O. The first kappa shape index (κ1) is 34.3. The summed E-state index contributed by atoms with van der Waals surface area (Å²) in [5.41, 5.74) is 6.75. The highest BCUT2D eigenvalue weighted by molar-refractivity contribution is 6.21. The van der Waals surface area contributed by atoms with Gasteiger partial charge >= 0.3 is 0 Å². The fraction of sp³-hybridized carbons (Fsp3) is 0.452. The zero-order valence-electron chi connectivity index (χ0n) is 28.5. The van der Waals surface area contributed by atoms with Crippen LogP contribution >= 0.6 is 0 Å². The molecule has 5 heteroatoms. The number of carbonyl (C=O) groups is 5. The highest BCUT2D eigenvalue weighted by atomic mass is 16.1. The van der Waals surface area contributed by atoms with Crippen LogP contribution < -0.4 is 0 Å². The largest absolute Gasteiger partial charge is 0.303 e. The van der Waals surface area contributed by atoms with Gasteiger partial charge in [-0.2, -0.15) is 0 Å². The summed E-state index contributed by atoms with van der Waals surface area (Å²) in [5.74, 6) is -0.931. The monoisotopic (exact) mass is 632 g/mol. The summed E-state index contributed by atoms with van der Waals surface area (Å²) < 4.78 is 0. The number of ketones is 4. The molecule has 0 saturated carbocycles. The molecule has 0 aliphatic heterocycles. The molecule has 47 heavy (non-hydrogen) atoms. The number of rotatable bonds is 2. The van der Waals surface area contributed by atoms with Crippen molar-refractivity contribution in [3.8, 4) is 0 Å². The molecule has 0 aromatic carbocycles. The van der Waals surface area contributed by atoms with Crippen molar-refractivity contribution >= 4 is 29.4 Å². The maximum absolute atomic E-state index is 14.1. The van der Waals surface area contributed by atoms with Crippen molar-refractivity contribution in [2.24, 2.45) is 23.2 Å². The van der Waals surface area contributed by atoms with Crippen LogP contribution in [-0.2, 0) is 24.0 Å². The molecule has 0 unspecified atom stereocenters. The fourth-order valence-corrected chi connectivity index (χ4v) is 8.25. The predicted molar refractivity (Wildman–Crippen MR) is 186 cm³/mol. The minimum absolute atomic E-state index is 0.0909. The summed E-state index contributed by atoms with van der Waals surface area (Å²) in [7, 11) is 0. The van der Waals surface area contributed by atoms with E-state index in [-0.39, 0.29) is 40.9 Å². The molecule has 6 aliphatic carbocycles. The maximum atomic E-state index is 14.1. The normalized spacial score (nSPS) is 30.7. The Morgan fingerprint density at radius 1 is 0.809 bits per heavy atom. The van der Waals surface area contributed by atoms with Gasteiger partial charge in [-0.3, -0.25) is 19.2 Å². The lowest BCUT2D eigenvalue weighted by atomic mass is 9.56. The molecule has 0 aromatic rings. The van der Waals surface area contributed by atoms with E-state index in [1.54, 1.807) is 0 Å². The van der Waals surface area contributed by atoms with Crippen LogP contribution in [0.25, 0.3) is 0 Å². The zero-order chi connectivity index (χ0) is 33.9. The van der Waals surface area contributed by atoms with E-state index < -0.39 is 5.41 Å². The molecule has 6 aliphatic rings. The van der Waals surface area contributed by atoms with Gasteiger partial charge in [0.15, 0.2) is 23.1 Å². The van der Waals surface area contributed by atoms with E-state index in [0.29, 0.717) is 67.2 Å². The molecular formula is C42H48O5. The Hall–Kier alpha value is -3.99. The van der Waals surface area contributed by atoms with Gasteiger partial charge in [0, 0.05) is 33.6 Å². The number of fused-ring (bicyclic) bond motifs is 10. The van der Waals surface area contributed by atoms with E-state index in [1.807, 2.05) is 26.8 Å². The fourth-order valence-electron chi connectivity index (χ4n) is 8.25. The average molecular weight is 633 g/mol. The molecule has 4 atom stereocenters. The first-order chi connectivity index (χ1) is 22.4. The van der Waals surface area contributed by atoms with Gasteiger partial charge in [0.05, 0.1) is 0 Å². The Labute approximate surface area is 279 Å². The third-order valence-corrected chi connectivity index (χ3v) is 11.0. The Bertz CT molecular complexity index is 1660. The van der Waals surface area contributed by atoms with E-state index >= 15 is 0 Å². The third-order valence-electron chi connectivity index (χ3n) is 11.0. The molecule has 0 heterocycles. The van der Waals surface area contributed by atoms with E-state index in [4.69, 9.17) is 0 Å². The summed E-state index contributed by atoms with van der Waals surface area (Å²) >= 11 is 0. The quantitative estimate of drug-likeness (QED) is 0.173. The zero-order valence-corrected chi connectivity index (χ0v) is 28.5. The lowest BCUT2D eigenvalue weighted by Crippen LogP contribution is -2.43. The van der Waals surface area contributed by atoms with Crippen LogP contribution in [0.1, 0.15) is 98.3 Å². The Morgan fingerprint density at radius 3 is 2.28 bits per heavy atom. The van der Waals surface area contributed by atoms with E-state index in [0.717, 1.165) is 48.7 Å². The Morgan fingerprint density at radius 2 is 1.53 bits per heavy atom. The lowest BCUT2D eigenvalue weighted by Gasteiger charge is -2.46. The van der Waals surface area contributed by atoms with Crippen molar-refractivity contribution in [2.75, 3.05) is 0 Å². The van der Waals surface area contributed by atoms with Gasteiger partial charge in [0.1, 0.15) is 6.29 Å². The van der Waals surface area contributed by atoms with Crippen LogP contribution in [0.4, 0.5) is 0 Å². The van der Waals surface area contributed by atoms with Crippen molar-refractivity contribution in [2.45, 2.75) is 98.3 Å². The van der Waals surface area contributed by atoms with Gasteiger partial charge < -0.3 is 4.79 Å². The third kappa shape index (κ3) is 7.61. The summed E-state index contributed by atoms with van der Waals surface area (Å²) in [6.45, 7) is 12.2. The van der Waals surface area contributed by atoms with Crippen molar-refractivity contribution in [1.29, 1.82) is 0 Å². The number of hydrogen-bond donors (Lipinski definition) is 0. The standard InChI is InChI=1S/C42H48O5/c1-26(2)37-14-12-27(3)9-7-15-42(25-43)34-17-29(5)11-13-31-22-40(46)32(23-39(31)45)16-28(4)8-6-10-30(18-34)19-35(42)20-33-21-36(44)24-38(37)41(33)47/h8-9,11,18,21-25,34-35,37H,1,6-7,10,12-17,19-20H2,2-5H3/b27-9?,28-8?,29-11-/t34-,35+,37+,42+/m1/s1. The molecule has 0 radical (unpaired) electrons. The number of allylic oxidation sites excluding steroid dienone is 17. The molecule has 6 rings (SSSR count). The van der Waals surface area contributed by atoms with Crippen LogP contribution in [0, 0.1) is 23.2 Å². The predicted octanol–water partition coefficient (Wildman–Crippen LogP) is 8.70. The van der Waals surface area contributed by atoms with E-state index in [2.05, 4.69) is 31.7 Å². The molecule has 5 nitrogen and oxygen atoms in total. The van der Waals surface area contributed by atoms with Crippen LogP contribution in [0.15, 0.2) is 105 Å². The minimum Gasteiger partial charge on any atom is -0.303 e. The Balaban J connectivity index is 1.58. The van der Waals surface area contributed by atoms with Gasteiger partial charge in [-0.25, -0.2) is 0 Å². The first-order valence-corrected chi connectivity index (χ1v) is 17.2. The molecule has 6 bridgehead atoms. The van der Waals surface area contributed by atoms with Crippen molar-refractivity contribution in [3.05, 3.63) is 105 Å². The van der Waals surface area contributed by atoms with E-state index in [9.17, 15) is 24.0 Å². The minimum atomic E-state index is -0.743. The van der Waals surface area contributed by atoms with E-state index in [1.165, 1.54) is 35.5 Å². The van der Waals surface area contributed by atoms with Crippen LogP contribution in [-0.4, -0.2) is 29.4 Å². The molecule has 0 spiro atoms. The van der Waals surface area contributed by atoms with Gasteiger partial charge in [0.25, 0.3) is 0 Å². The molecule has 246 valence electrons. The second kappa shape index (κ2) is 14.4. The Kier molecular flexibility index (Phi) is 10.5. The van der Waals surface area contributed by atoms with Crippen LogP contribution in [0.5, 0.6) is 0 Å². The number of carbonyl (C=O) groups excluding carboxylic acids is 5. The lowest BCUT2D eigenvalue weighted by molar-refractivity contribution is -0.123. The van der Waals surface area contributed by atoms with Crippen LogP contribution in [0.3, 0.4) is 0 Å². The van der Waals surface area contributed by atoms with Crippen LogP contribution in [0.2, 0.25) is 0 Å².